The SMILES string of the molecule is CCC(Nc1cc(C(F)(F)F)ccn1)C1CC(O)C1. The van der Waals surface area contributed by atoms with Crippen molar-refractivity contribution < 1.29 is 18.3 Å². The summed E-state index contributed by atoms with van der Waals surface area (Å²) in [6.07, 6.45) is -1.28. The number of aliphatic hydroxyl groups is 1. The molecule has 0 amide bonds. The molecule has 2 N–H and O–H groups in total. The summed E-state index contributed by atoms with van der Waals surface area (Å²) in [7, 11) is 0. The van der Waals surface area contributed by atoms with Gasteiger partial charge >= 0.3 is 6.18 Å². The van der Waals surface area contributed by atoms with Crippen LogP contribution in [0.3, 0.4) is 0 Å². The number of halogens is 3. The Hall–Kier alpha value is -1.30. The maximum atomic E-state index is 12.6. The molecule has 1 aromatic heterocycles. The molecule has 6 heteroatoms. The average Bonchev–Trinajstić information content (AvgIpc) is 2.32. The van der Waals surface area contributed by atoms with E-state index < -0.39 is 11.7 Å². The van der Waals surface area contributed by atoms with Gasteiger partial charge in [0.15, 0.2) is 0 Å². The van der Waals surface area contributed by atoms with Crippen LogP contribution in [-0.2, 0) is 6.18 Å². The van der Waals surface area contributed by atoms with Gasteiger partial charge in [-0.15, -0.1) is 0 Å². The first-order valence-electron chi connectivity index (χ1n) is 6.38. The van der Waals surface area contributed by atoms with Crippen LogP contribution in [0.4, 0.5) is 19.0 Å². The van der Waals surface area contributed by atoms with E-state index in [1.54, 1.807) is 0 Å². The lowest BCUT2D eigenvalue weighted by molar-refractivity contribution is -0.137. The van der Waals surface area contributed by atoms with Crippen LogP contribution in [0.25, 0.3) is 0 Å². The van der Waals surface area contributed by atoms with Crippen molar-refractivity contribution in [3.05, 3.63) is 23.9 Å². The Morgan fingerprint density at radius 3 is 2.68 bits per heavy atom. The van der Waals surface area contributed by atoms with E-state index >= 15 is 0 Å². The molecule has 2 rings (SSSR count). The summed E-state index contributed by atoms with van der Waals surface area (Å²) in [5.41, 5.74) is -0.700. The van der Waals surface area contributed by atoms with Crippen LogP contribution >= 0.6 is 0 Å². The molecule has 19 heavy (non-hydrogen) atoms. The van der Waals surface area contributed by atoms with E-state index in [1.165, 1.54) is 0 Å². The van der Waals surface area contributed by atoms with Gasteiger partial charge in [-0.2, -0.15) is 13.2 Å². The Balaban J connectivity index is 2.05. The smallest absolute Gasteiger partial charge is 0.393 e. The van der Waals surface area contributed by atoms with Crippen LogP contribution in [0.2, 0.25) is 0 Å². The third-order valence-corrected chi connectivity index (χ3v) is 3.58. The van der Waals surface area contributed by atoms with Gasteiger partial charge in [0.05, 0.1) is 11.7 Å². The lowest BCUT2D eigenvalue weighted by Crippen LogP contribution is -2.40. The quantitative estimate of drug-likeness (QED) is 0.887. The van der Waals surface area contributed by atoms with Crippen LogP contribution < -0.4 is 5.32 Å². The lowest BCUT2D eigenvalue weighted by Gasteiger charge is -2.38. The number of pyridine rings is 1. The van der Waals surface area contributed by atoms with E-state index in [4.69, 9.17) is 0 Å². The fourth-order valence-corrected chi connectivity index (χ4v) is 2.39. The second-order valence-corrected chi connectivity index (χ2v) is 4.97. The Morgan fingerprint density at radius 1 is 1.47 bits per heavy atom. The van der Waals surface area contributed by atoms with Gasteiger partial charge in [-0.05, 0) is 37.3 Å². The molecule has 0 radical (unpaired) electrons. The number of rotatable bonds is 4. The van der Waals surface area contributed by atoms with E-state index in [0.717, 1.165) is 24.8 Å². The summed E-state index contributed by atoms with van der Waals surface area (Å²) in [6, 6.07) is 2.04. The molecule has 1 aliphatic rings. The molecule has 1 saturated carbocycles. The molecule has 1 aromatic rings. The second-order valence-electron chi connectivity index (χ2n) is 4.97. The second kappa shape index (κ2) is 5.36. The standard InChI is InChI=1S/C13H17F3N2O/c1-2-11(8-5-10(19)6-8)18-12-7-9(3-4-17-12)13(14,15)16/h3-4,7-8,10-11,19H,2,5-6H2,1H3,(H,17,18). The highest BCUT2D eigenvalue weighted by atomic mass is 19.4. The molecule has 1 heterocycles. The Labute approximate surface area is 109 Å². The van der Waals surface area contributed by atoms with Crippen LogP contribution in [0.1, 0.15) is 31.7 Å². The number of hydrogen-bond donors (Lipinski definition) is 2. The fourth-order valence-electron chi connectivity index (χ4n) is 2.39. The van der Waals surface area contributed by atoms with Crippen molar-refractivity contribution in [2.45, 2.75) is 44.5 Å². The zero-order valence-corrected chi connectivity index (χ0v) is 10.6. The highest BCUT2D eigenvalue weighted by molar-refractivity contribution is 5.39. The Bertz CT molecular complexity index is 430. The largest absolute Gasteiger partial charge is 0.416 e. The van der Waals surface area contributed by atoms with Crippen LogP contribution in [0.15, 0.2) is 18.3 Å². The predicted octanol–water partition coefficient (Wildman–Crippen LogP) is 3.06. The molecule has 106 valence electrons. The number of nitrogens with one attached hydrogen (secondary N) is 1. The van der Waals surface area contributed by atoms with Gasteiger partial charge in [0.2, 0.25) is 0 Å². The van der Waals surface area contributed by atoms with Crippen LogP contribution in [-0.4, -0.2) is 22.2 Å². The molecule has 1 aliphatic carbocycles. The lowest BCUT2D eigenvalue weighted by atomic mass is 9.76. The van der Waals surface area contributed by atoms with Crippen molar-refractivity contribution >= 4 is 5.82 Å². The van der Waals surface area contributed by atoms with E-state index in [9.17, 15) is 18.3 Å². The Kier molecular flexibility index (Phi) is 3.99. The van der Waals surface area contributed by atoms with Crippen LogP contribution in [0.5, 0.6) is 0 Å². The van der Waals surface area contributed by atoms with Crippen molar-refractivity contribution in [2.75, 3.05) is 5.32 Å². The summed E-state index contributed by atoms with van der Waals surface area (Å²) in [5, 5.41) is 12.3. The van der Waals surface area contributed by atoms with Crippen molar-refractivity contribution in [3.63, 3.8) is 0 Å². The van der Waals surface area contributed by atoms with Crippen molar-refractivity contribution in [1.29, 1.82) is 0 Å². The van der Waals surface area contributed by atoms with Gasteiger partial charge in [0.25, 0.3) is 0 Å². The summed E-state index contributed by atoms with van der Waals surface area (Å²) in [6.45, 7) is 1.97. The molecule has 0 spiro atoms. The van der Waals surface area contributed by atoms with Gasteiger partial charge in [0, 0.05) is 12.2 Å². The first kappa shape index (κ1) is 14.1. The van der Waals surface area contributed by atoms with Gasteiger partial charge in [-0.25, -0.2) is 4.98 Å². The summed E-state index contributed by atoms with van der Waals surface area (Å²) in [4.78, 5) is 3.93. The van der Waals surface area contributed by atoms with Gasteiger partial charge in [0.1, 0.15) is 5.82 Å². The van der Waals surface area contributed by atoms with E-state index in [1.807, 2.05) is 6.92 Å². The predicted molar refractivity (Wildman–Crippen MR) is 65.7 cm³/mol. The Morgan fingerprint density at radius 2 is 2.16 bits per heavy atom. The molecule has 1 atom stereocenters. The molecule has 0 saturated heterocycles. The molecule has 0 aromatic carbocycles. The third-order valence-electron chi connectivity index (χ3n) is 3.58. The minimum absolute atomic E-state index is 0.0550. The normalized spacial score (nSPS) is 24.7. The van der Waals surface area contributed by atoms with Crippen molar-refractivity contribution in [2.24, 2.45) is 5.92 Å². The minimum atomic E-state index is -4.35. The molecular formula is C13H17F3N2O. The van der Waals surface area contributed by atoms with Crippen LogP contribution in [0, 0.1) is 5.92 Å². The molecule has 0 bridgehead atoms. The zero-order chi connectivity index (χ0) is 14.0. The maximum absolute atomic E-state index is 12.6. The van der Waals surface area contributed by atoms with Crippen molar-refractivity contribution in [1.82, 2.24) is 4.98 Å². The zero-order valence-electron chi connectivity index (χ0n) is 10.6. The summed E-state index contributed by atoms with van der Waals surface area (Å²) < 4.78 is 37.8. The summed E-state index contributed by atoms with van der Waals surface area (Å²) >= 11 is 0. The monoisotopic (exact) mass is 274 g/mol. The van der Waals surface area contributed by atoms with Gasteiger partial charge < -0.3 is 10.4 Å². The third kappa shape index (κ3) is 3.37. The molecule has 3 nitrogen and oxygen atoms in total. The number of nitrogens with zero attached hydrogens (tertiary/aromatic N) is 1. The summed E-state index contributed by atoms with van der Waals surface area (Å²) in [5.74, 6) is 0.541. The number of hydrogen-bond acceptors (Lipinski definition) is 3. The van der Waals surface area contributed by atoms with E-state index in [0.29, 0.717) is 18.8 Å². The van der Waals surface area contributed by atoms with Crippen molar-refractivity contribution in [3.8, 4) is 0 Å². The minimum Gasteiger partial charge on any atom is -0.393 e. The first-order valence-corrected chi connectivity index (χ1v) is 6.38. The number of alkyl halides is 3. The van der Waals surface area contributed by atoms with Gasteiger partial charge in [-0.1, -0.05) is 6.92 Å². The highest BCUT2D eigenvalue weighted by Gasteiger charge is 2.34. The molecular weight excluding hydrogens is 257 g/mol. The van der Waals surface area contributed by atoms with E-state index in [2.05, 4.69) is 10.3 Å². The molecule has 1 fully saturated rings. The van der Waals surface area contributed by atoms with E-state index in [-0.39, 0.29) is 18.0 Å². The number of aromatic nitrogens is 1. The fraction of sp³-hybridized carbons (Fsp3) is 0.615. The highest BCUT2D eigenvalue weighted by Crippen LogP contribution is 2.34. The van der Waals surface area contributed by atoms with Gasteiger partial charge in [-0.3, -0.25) is 0 Å². The maximum Gasteiger partial charge on any atom is 0.416 e. The first-order chi connectivity index (χ1) is 8.90. The molecule has 1 unspecified atom stereocenters. The topological polar surface area (TPSA) is 45.2 Å². The number of aliphatic hydroxyl groups excluding tert-OH is 1. The average molecular weight is 274 g/mol. The number of anilines is 1. The molecule has 0 aliphatic heterocycles.